The molecule has 6 heavy (non-hydrogen) atoms. The Bertz CT molecular complexity index is 26.9. The van der Waals surface area contributed by atoms with Crippen LogP contribution in [0.4, 0.5) is 0 Å². The molecule has 0 radical (unpaired) electrons. The van der Waals surface area contributed by atoms with Crippen LogP contribution in [0.2, 0.25) is 0 Å². The zero-order valence-corrected chi connectivity index (χ0v) is 5.79. The van der Waals surface area contributed by atoms with E-state index >= 15 is 0 Å². The maximum atomic E-state index is 3.44. The first kappa shape index (κ1) is 16.3. The van der Waals surface area contributed by atoms with E-state index in [1.165, 1.54) is 0 Å². The Morgan fingerprint density at radius 2 is 1.67 bits per heavy atom. The number of allylic oxidation sites excluding steroid dienone is 1. The van der Waals surface area contributed by atoms with E-state index < -0.39 is 0 Å². The quantitative estimate of drug-likeness (QED) is 0.390. The molecule has 0 N–H and O–H groups in total. The summed E-state index contributed by atoms with van der Waals surface area (Å²) in [4.78, 5) is 0. The van der Waals surface area contributed by atoms with Gasteiger partial charge in [-0.25, -0.2) is 19.1 Å². The van der Waals surface area contributed by atoms with Gasteiger partial charge in [-0.05, 0) is 0 Å². The molecule has 0 rings (SSSR count). The molecule has 0 atom stereocenters. The van der Waals surface area contributed by atoms with E-state index in [1.54, 1.807) is 0 Å². The van der Waals surface area contributed by atoms with Crippen LogP contribution < -0.4 is 0 Å². The predicted octanol–water partition coefficient (Wildman–Crippen LogP) is 1.84. The minimum absolute atomic E-state index is 0. The third kappa shape index (κ3) is 617. The van der Waals surface area contributed by atoms with Crippen molar-refractivity contribution >= 4 is 0 Å². The van der Waals surface area contributed by atoms with Crippen LogP contribution in [-0.2, 0) is 20.4 Å². The van der Waals surface area contributed by atoms with Gasteiger partial charge in [0.15, 0.2) is 0 Å². The third-order valence-corrected chi connectivity index (χ3v) is 0. The summed E-state index contributed by atoms with van der Waals surface area (Å²) in [7, 11) is 0. The van der Waals surface area contributed by atoms with Crippen LogP contribution in [0.1, 0.15) is 6.92 Å². The Kier molecular flexibility index (Phi) is 24.4. The smallest absolute Gasteiger partial charge is 0.358 e. The van der Waals surface area contributed by atoms with Gasteiger partial charge in [0.2, 0.25) is 0 Å². The van der Waals surface area contributed by atoms with Crippen molar-refractivity contribution in [3.63, 3.8) is 0 Å². The van der Waals surface area contributed by atoms with Gasteiger partial charge in [-0.3, -0.25) is 0 Å². The minimum atomic E-state index is 0. The number of rotatable bonds is 0. The summed E-state index contributed by atoms with van der Waals surface area (Å²) in [6.07, 6.45) is 0. The molecule has 0 saturated heterocycles. The van der Waals surface area contributed by atoms with Gasteiger partial charge >= 0.3 is 20.4 Å². The largest absolute Gasteiger partial charge is 2.00 e. The van der Waals surface area contributed by atoms with Gasteiger partial charge in [-0.15, -0.1) is 0 Å². The van der Waals surface area contributed by atoms with E-state index in [-0.39, 0.29) is 27.8 Å². The Balaban J connectivity index is -0.0000000450. The molecule has 0 fully saturated rings. The first-order valence-corrected chi connectivity index (χ1v) is 1.21. The Morgan fingerprint density at radius 3 is 1.67 bits per heavy atom. The molecule has 1 heteroatoms. The summed E-state index contributed by atoms with van der Waals surface area (Å²) in [6, 6.07) is 0. The van der Waals surface area contributed by atoms with Crippen LogP contribution in [0.25, 0.3) is 0 Å². The summed E-state index contributed by atoms with van der Waals surface area (Å²) in [6.45, 7) is 8.75. The maximum absolute atomic E-state index is 3.44. The van der Waals surface area contributed by atoms with E-state index in [0.717, 1.165) is 5.57 Å². The second-order valence-electron chi connectivity index (χ2n) is 0.957. The van der Waals surface area contributed by atoms with E-state index in [1.807, 2.05) is 6.92 Å². The fraction of sp³-hybridized carbons (Fsp3) is 0.200. The summed E-state index contributed by atoms with van der Waals surface area (Å²) < 4.78 is 0. The molecular formula is C5H10Pd. The monoisotopic (exact) mass is 176 g/mol. The van der Waals surface area contributed by atoms with Gasteiger partial charge < -0.3 is 7.43 Å². The average Bonchev–Trinajstić information content (AvgIpc) is 0.811. The van der Waals surface area contributed by atoms with Crippen LogP contribution in [0.15, 0.2) is 12.2 Å². The molecule has 0 aliphatic carbocycles. The summed E-state index contributed by atoms with van der Waals surface area (Å²) in [5.41, 5.74) is 0.917. The van der Waals surface area contributed by atoms with Crippen molar-refractivity contribution in [2.45, 2.75) is 6.92 Å². The van der Waals surface area contributed by atoms with Crippen LogP contribution in [0.3, 0.4) is 0 Å². The SMILES string of the molecule is C=C([CH2-])C.[CH3-].[Pd+2]. The second-order valence-corrected chi connectivity index (χ2v) is 0.957. The van der Waals surface area contributed by atoms with Crippen LogP contribution >= 0.6 is 0 Å². The van der Waals surface area contributed by atoms with Gasteiger partial charge in [0, 0.05) is 0 Å². The van der Waals surface area contributed by atoms with E-state index in [9.17, 15) is 0 Å². The fourth-order valence-electron chi connectivity index (χ4n) is 0. The molecule has 0 aromatic heterocycles. The summed E-state index contributed by atoms with van der Waals surface area (Å²) >= 11 is 0. The zero-order chi connectivity index (χ0) is 3.58. The second kappa shape index (κ2) is 8.99. The molecule has 0 heterocycles. The van der Waals surface area contributed by atoms with Crippen molar-refractivity contribution < 1.29 is 20.4 Å². The molecule has 0 bridgehead atoms. The van der Waals surface area contributed by atoms with Crippen LogP contribution in [0.5, 0.6) is 0 Å². The molecule has 0 saturated carbocycles. The van der Waals surface area contributed by atoms with Crippen molar-refractivity contribution in [1.82, 2.24) is 0 Å². The van der Waals surface area contributed by atoms with Gasteiger partial charge in [0.25, 0.3) is 0 Å². The molecule has 0 unspecified atom stereocenters. The van der Waals surface area contributed by atoms with Crippen molar-refractivity contribution in [3.05, 3.63) is 26.5 Å². The summed E-state index contributed by atoms with van der Waals surface area (Å²) in [5.74, 6) is 0. The molecule has 0 aliphatic heterocycles. The molecule has 0 aliphatic rings. The zero-order valence-electron chi connectivity index (χ0n) is 4.23. The Hall–Kier alpha value is 0.272. The topological polar surface area (TPSA) is 0 Å². The fourth-order valence-corrected chi connectivity index (χ4v) is 0. The summed E-state index contributed by atoms with van der Waals surface area (Å²) in [5, 5.41) is 0. The van der Waals surface area contributed by atoms with Crippen molar-refractivity contribution in [1.29, 1.82) is 0 Å². The number of hydrogen-bond acceptors (Lipinski definition) is 0. The number of hydrogen-bond donors (Lipinski definition) is 0. The van der Waals surface area contributed by atoms with Crippen molar-refractivity contribution in [2.75, 3.05) is 0 Å². The van der Waals surface area contributed by atoms with E-state index in [2.05, 4.69) is 13.5 Å². The normalized spacial score (nSPS) is 4.17. The maximum Gasteiger partial charge on any atom is 2.00 e. The molecule has 0 spiro atoms. The van der Waals surface area contributed by atoms with Crippen LogP contribution in [-0.4, -0.2) is 0 Å². The predicted molar refractivity (Wildman–Crippen MR) is 26.6 cm³/mol. The average molecular weight is 177 g/mol. The molecular weight excluding hydrogens is 166 g/mol. The molecule has 0 aromatic rings. The van der Waals surface area contributed by atoms with Gasteiger partial charge in [-0.1, -0.05) is 6.92 Å². The molecule has 40 valence electrons. The molecule has 0 aromatic carbocycles. The van der Waals surface area contributed by atoms with Crippen molar-refractivity contribution in [3.8, 4) is 0 Å². The Labute approximate surface area is 54.3 Å². The first-order valence-electron chi connectivity index (χ1n) is 1.21. The Morgan fingerprint density at radius 1 is 1.67 bits per heavy atom. The third-order valence-electron chi connectivity index (χ3n) is 0. The van der Waals surface area contributed by atoms with Crippen LogP contribution in [0, 0.1) is 14.4 Å². The standard InChI is InChI=1S/C4H7.CH3.Pd/c1-4(2)3;;/h1-2H2,3H3;1H3;/q2*-1;+2. The minimum Gasteiger partial charge on any atom is -0.358 e. The molecule has 0 amide bonds. The van der Waals surface area contributed by atoms with Crippen molar-refractivity contribution in [2.24, 2.45) is 0 Å². The first-order chi connectivity index (χ1) is 1.73. The van der Waals surface area contributed by atoms with Gasteiger partial charge in [0.05, 0.1) is 0 Å². The van der Waals surface area contributed by atoms with Gasteiger partial charge in [0.1, 0.15) is 0 Å². The van der Waals surface area contributed by atoms with E-state index in [4.69, 9.17) is 0 Å². The van der Waals surface area contributed by atoms with E-state index in [0.29, 0.717) is 0 Å². The molecule has 0 nitrogen and oxygen atoms in total. The van der Waals surface area contributed by atoms with Gasteiger partial charge in [-0.2, -0.15) is 0 Å².